The summed E-state index contributed by atoms with van der Waals surface area (Å²) in [5.41, 5.74) is 16.0. The minimum Gasteiger partial charge on any atom is -0.309 e. The Balaban J connectivity index is 0.956. The Labute approximate surface area is 431 Å². The minimum atomic E-state index is -3.02. The first kappa shape index (κ1) is 43.3. The molecule has 0 aliphatic carbocycles. The molecule has 3 heterocycles. The lowest BCUT2D eigenvalue weighted by molar-refractivity contribution is 1.07. The van der Waals surface area contributed by atoms with Gasteiger partial charge < -0.3 is 4.57 Å². The predicted molar refractivity (Wildman–Crippen MR) is 309 cm³/mol. The topological polar surface area (TPSA) is 43.6 Å². The smallest absolute Gasteiger partial charge is 0.180 e. The maximum Gasteiger partial charge on any atom is 0.180 e. The Bertz CT molecular complexity index is 4210. The van der Waals surface area contributed by atoms with E-state index in [2.05, 4.69) is 259 Å². The number of para-hydroxylation sites is 1. The van der Waals surface area contributed by atoms with Crippen LogP contribution in [0.15, 0.2) is 279 Å². The summed E-state index contributed by atoms with van der Waals surface area (Å²) < 4.78 is 2.44. The van der Waals surface area contributed by atoms with E-state index in [4.69, 9.17) is 15.0 Å². The van der Waals surface area contributed by atoms with Gasteiger partial charge in [0.05, 0.1) is 11.0 Å². The summed E-state index contributed by atoms with van der Waals surface area (Å²) in [5, 5.41) is 7.88. The van der Waals surface area contributed by atoms with Crippen LogP contribution < -0.4 is 20.7 Å². The Morgan fingerprint density at radius 3 is 1.34 bits per heavy atom. The second-order valence-corrected chi connectivity index (χ2v) is 22.8. The predicted octanol–water partition coefficient (Wildman–Crippen LogP) is 14.3. The molecule has 5 heteroatoms. The van der Waals surface area contributed by atoms with Crippen molar-refractivity contribution in [3.8, 4) is 84.4 Å². The second-order valence-electron chi connectivity index (χ2n) is 19.1. The molecule has 1 atom stereocenters. The van der Waals surface area contributed by atoms with Crippen LogP contribution in [0.25, 0.3) is 106 Å². The van der Waals surface area contributed by atoms with E-state index in [0.29, 0.717) is 17.5 Å². The van der Waals surface area contributed by atoms with E-state index in [1.165, 1.54) is 81.5 Å². The third kappa shape index (κ3) is 7.24. The van der Waals surface area contributed by atoms with E-state index in [1.54, 1.807) is 0 Å². The van der Waals surface area contributed by atoms with Crippen LogP contribution in [-0.2, 0) is 0 Å². The van der Waals surface area contributed by atoms with E-state index in [9.17, 15) is 0 Å². The molecule has 0 radical (unpaired) electrons. The number of aromatic nitrogens is 4. The zero-order chi connectivity index (χ0) is 49.0. The fraction of sp³-hybridized carbons (Fsp3) is 0. The quantitative estimate of drug-likeness (QED) is 0.135. The zero-order valence-electron chi connectivity index (χ0n) is 40.3. The zero-order valence-corrected chi connectivity index (χ0v) is 41.3. The van der Waals surface area contributed by atoms with Crippen LogP contribution in [0.5, 0.6) is 0 Å². The summed E-state index contributed by atoms with van der Waals surface area (Å²) in [4.78, 5) is 15.5. The van der Waals surface area contributed by atoms with Crippen molar-refractivity contribution in [3.05, 3.63) is 279 Å². The van der Waals surface area contributed by atoms with Gasteiger partial charge in [-0.05, 0) is 95.6 Å². The Kier molecular flexibility index (Phi) is 10.5. The van der Waals surface area contributed by atoms with Crippen LogP contribution >= 0.6 is 0 Å². The van der Waals surface area contributed by atoms with Gasteiger partial charge in [-0.1, -0.05) is 249 Å². The van der Waals surface area contributed by atoms with E-state index < -0.39 is 8.07 Å². The number of benzene rings is 11. The van der Waals surface area contributed by atoms with Crippen LogP contribution in [0, 0.1) is 0 Å². The Morgan fingerprint density at radius 1 is 0.257 bits per heavy atom. The summed E-state index contributed by atoms with van der Waals surface area (Å²) in [6.07, 6.45) is 0. The lowest BCUT2D eigenvalue weighted by Crippen LogP contribution is -2.72. The summed E-state index contributed by atoms with van der Waals surface area (Å²) in [5.74, 6) is 1.91. The Hall–Kier alpha value is -9.55. The van der Waals surface area contributed by atoms with Crippen LogP contribution in [0.4, 0.5) is 0 Å². The van der Waals surface area contributed by atoms with E-state index >= 15 is 0 Å². The molecule has 74 heavy (non-hydrogen) atoms. The van der Waals surface area contributed by atoms with Crippen molar-refractivity contribution in [1.82, 2.24) is 19.5 Å². The standard InChI is InChI=1S/C69H46N4Si/c1-5-18-47(19-6-1)50-32-34-52(35-33-50)68-70-67(51-24-11-4-12-25-51)71-69(72-68)53-36-39-57(40-37-53)74(65-31-16-14-29-60(65)62-45-55(38-43-66(62)74)49-22-9-3-10-23-49)58-41-42-64-61(46-58)59-28-13-15-30-63(59)73(64)56-27-17-26-54(44-56)48-20-7-2-8-21-48/h1-46H. The van der Waals surface area contributed by atoms with Gasteiger partial charge in [-0.2, -0.15) is 0 Å². The lowest BCUT2D eigenvalue weighted by Gasteiger charge is -2.31. The molecule has 0 amide bonds. The van der Waals surface area contributed by atoms with Gasteiger partial charge in [0, 0.05) is 33.2 Å². The number of hydrogen-bond donors (Lipinski definition) is 0. The summed E-state index contributed by atoms with van der Waals surface area (Å²) in [6.45, 7) is 0. The first-order chi connectivity index (χ1) is 36.7. The molecule has 1 aliphatic rings. The molecule has 0 fully saturated rings. The van der Waals surface area contributed by atoms with Gasteiger partial charge in [-0.15, -0.1) is 0 Å². The Morgan fingerprint density at radius 2 is 0.689 bits per heavy atom. The monoisotopic (exact) mass is 958 g/mol. The summed E-state index contributed by atoms with van der Waals surface area (Å²) in [7, 11) is -3.02. The van der Waals surface area contributed by atoms with Crippen molar-refractivity contribution < 1.29 is 0 Å². The molecule has 0 bridgehead atoms. The molecule has 11 aromatic carbocycles. The number of hydrogen-bond acceptors (Lipinski definition) is 3. The third-order valence-electron chi connectivity index (χ3n) is 15.0. The third-order valence-corrected chi connectivity index (χ3v) is 19.8. The van der Waals surface area contributed by atoms with Crippen molar-refractivity contribution in [3.63, 3.8) is 0 Å². The average molecular weight is 959 g/mol. The molecule has 2 aromatic heterocycles. The van der Waals surface area contributed by atoms with Crippen LogP contribution in [0.3, 0.4) is 0 Å². The van der Waals surface area contributed by atoms with Crippen molar-refractivity contribution >= 4 is 50.6 Å². The minimum absolute atomic E-state index is 0.633. The van der Waals surface area contributed by atoms with E-state index in [-0.39, 0.29) is 0 Å². The molecule has 14 rings (SSSR count). The fourth-order valence-electron chi connectivity index (χ4n) is 11.5. The van der Waals surface area contributed by atoms with Gasteiger partial charge in [-0.25, -0.2) is 15.0 Å². The molecule has 0 saturated heterocycles. The molecule has 0 N–H and O–H groups in total. The van der Waals surface area contributed by atoms with Crippen LogP contribution in [0.1, 0.15) is 0 Å². The van der Waals surface area contributed by atoms with Gasteiger partial charge in [0.15, 0.2) is 25.5 Å². The van der Waals surface area contributed by atoms with Gasteiger partial charge >= 0.3 is 0 Å². The molecule has 0 saturated carbocycles. The highest BCUT2D eigenvalue weighted by Crippen LogP contribution is 2.37. The highest BCUT2D eigenvalue weighted by molar-refractivity contribution is 7.22. The first-order valence-corrected chi connectivity index (χ1v) is 27.3. The van der Waals surface area contributed by atoms with Gasteiger partial charge in [0.25, 0.3) is 0 Å². The molecule has 0 spiro atoms. The largest absolute Gasteiger partial charge is 0.309 e. The first-order valence-electron chi connectivity index (χ1n) is 25.3. The summed E-state index contributed by atoms with van der Waals surface area (Å²) in [6, 6.07) is 101. The lowest BCUT2D eigenvalue weighted by atomic mass is 9.99. The maximum absolute atomic E-state index is 5.21. The highest BCUT2D eigenvalue weighted by atomic mass is 28.3. The van der Waals surface area contributed by atoms with Crippen LogP contribution in [0.2, 0.25) is 0 Å². The van der Waals surface area contributed by atoms with Crippen LogP contribution in [-0.4, -0.2) is 27.6 Å². The molecule has 13 aromatic rings. The SMILES string of the molecule is c1ccc(-c2ccc(-c3nc(-c4ccccc4)nc(-c4ccc([Si]5(c6ccc7c(c6)c6ccccc6n7-c6cccc(-c7ccccc7)c6)c6ccccc6-c6cc(-c7ccccc7)ccc65)cc4)n3)cc2)cc1. The van der Waals surface area contributed by atoms with Crippen molar-refractivity contribution in [2.45, 2.75) is 0 Å². The number of nitrogens with zero attached hydrogens (tertiary/aromatic N) is 4. The van der Waals surface area contributed by atoms with Gasteiger partial charge in [-0.3, -0.25) is 0 Å². The number of rotatable bonds is 9. The average Bonchev–Trinajstić information content (AvgIpc) is 4.01. The number of fused-ring (bicyclic) bond motifs is 6. The van der Waals surface area contributed by atoms with Gasteiger partial charge in [0.2, 0.25) is 0 Å². The fourth-order valence-corrected chi connectivity index (χ4v) is 16.6. The van der Waals surface area contributed by atoms with Gasteiger partial charge in [0.1, 0.15) is 0 Å². The molecule has 4 nitrogen and oxygen atoms in total. The normalized spacial score (nSPS) is 13.7. The van der Waals surface area contributed by atoms with Crippen molar-refractivity contribution in [2.24, 2.45) is 0 Å². The second kappa shape index (κ2) is 17.9. The van der Waals surface area contributed by atoms with Crippen molar-refractivity contribution in [1.29, 1.82) is 0 Å². The van der Waals surface area contributed by atoms with E-state index in [1.807, 2.05) is 24.3 Å². The summed E-state index contributed by atoms with van der Waals surface area (Å²) >= 11 is 0. The maximum atomic E-state index is 5.21. The molecule has 1 aliphatic heterocycles. The molecule has 1 unspecified atom stereocenters. The molecular formula is C69H46N4Si. The molecule has 346 valence electrons. The highest BCUT2D eigenvalue weighted by Gasteiger charge is 2.49. The molecular weight excluding hydrogens is 913 g/mol. The van der Waals surface area contributed by atoms with Crippen molar-refractivity contribution in [2.75, 3.05) is 0 Å². The van der Waals surface area contributed by atoms with E-state index in [0.717, 1.165) is 27.9 Å².